The van der Waals surface area contributed by atoms with Gasteiger partial charge in [0.2, 0.25) is 5.43 Å². The number of aromatic amines is 1. The van der Waals surface area contributed by atoms with Gasteiger partial charge in [-0.05, 0) is 54.6 Å². The highest BCUT2D eigenvalue weighted by Crippen LogP contribution is 2.25. The second-order valence-corrected chi connectivity index (χ2v) is 7.28. The van der Waals surface area contributed by atoms with Crippen LogP contribution in [0.2, 0.25) is 0 Å². The van der Waals surface area contributed by atoms with E-state index in [2.05, 4.69) is 41.1 Å². The van der Waals surface area contributed by atoms with E-state index in [1.165, 1.54) is 37.6 Å². The van der Waals surface area contributed by atoms with Gasteiger partial charge in [-0.2, -0.15) is 5.26 Å². The van der Waals surface area contributed by atoms with Crippen LogP contribution >= 0.6 is 0 Å². The molecule has 1 aliphatic heterocycles. The zero-order valence-electron chi connectivity index (χ0n) is 15.5. The third kappa shape index (κ3) is 3.39. The molecule has 3 aromatic rings. The van der Waals surface area contributed by atoms with Crippen molar-refractivity contribution in [1.29, 1.82) is 5.26 Å². The normalized spacial score (nSPS) is 17.3. The third-order valence-corrected chi connectivity index (χ3v) is 5.64. The second-order valence-electron chi connectivity index (χ2n) is 7.28. The molecular weight excluding hydrogens is 334 g/mol. The van der Waals surface area contributed by atoms with Crippen LogP contribution in [0.5, 0.6) is 0 Å². The Morgan fingerprint density at radius 2 is 1.96 bits per heavy atom. The predicted molar refractivity (Wildman–Crippen MR) is 108 cm³/mol. The molecule has 1 aliphatic rings. The van der Waals surface area contributed by atoms with Crippen molar-refractivity contribution in [2.45, 2.75) is 38.8 Å². The minimum Gasteiger partial charge on any atom is -0.360 e. The number of nitrogens with zero attached hydrogens (tertiary/aromatic N) is 2. The van der Waals surface area contributed by atoms with Gasteiger partial charge < -0.3 is 4.98 Å². The summed E-state index contributed by atoms with van der Waals surface area (Å²) >= 11 is 0. The van der Waals surface area contributed by atoms with Crippen LogP contribution in [0.3, 0.4) is 0 Å². The molecule has 1 aromatic heterocycles. The van der Waals surface area contributed by atoms with Gasteiger partial charge in [-0.15, -0.1) is 0 Å². The number of H-pyrrole nitrogens is 1. The molecular formula is C23H23N3O. The van der Waals surface area contributed by atoms with Crippen LogP contribution < -0.4 is 5.43 Å². The number of nitrogens with one attached hydrogen (secondary N) is 1. The van der Waals surface area contributed by atoms with Crippen molar-refractivity contribution in [1.82, 2.24) is 9.88 Å². The largest absolute Gasteiger partial charge is 0.360 e. The number of hydrogen-bond acceptors (Lipinski definition) is 3. The molecule has 0 saturated carbocycles. The number of rotatable bonds is 4. The molecule has 2 heterocycles. The predicted octanol–water partition coefficient (Wildman–Crippen LogP) is 4.44. The molecule has 0 aliphatic carbocycles. The quantitative estimate of drug-likeness (QED) is 0.751. The van der Waals surface area contributed by atoms with E-state index in [1.54, 1.807) is 6.07 Å². The summed E-state index contributed by atoms with van der Waals surface area (Å²) in [5.74, 6) is 0. The van der Waals surface area contributed by atoms with Gasteiger partial charge in [0.15, 0.2) is 0 Å². The number of likely N-dealkylation sites (tertiary alicyclic amines) is 1. The van der Waals surface area contributed by atoms with Crippen molar-refractivity contribution in [3.63, 3.8) is 0 Å². The Morgan fingerprint density at radius 1 is 1.19 bits per heavy atom. The zero-order valence-corrected chi connectivity index (χ0v) is 15.5. The zero-order chi connectivity index (χ0) is 18.8. The highest BCUT2D eigenvalue weighted by Gasteiger charge is 2.22. The van der Waals surface area contributed by atoms with Gasteiger partial charge in [-0.1, -0.05) is 37.3 Å². The first kappa shape index (κ1) is 17.5. The molecule has 1 unspecified atom stereocenters. The fourth-order valence-electron chi connectivity index (χ4n) is 4.09. The van der Waals surface area contributed by atoms with E-state index in [0.717, 1.165) is 29.2 Å². The molecule has 4 rings (SSSR count). The first-order valence-corrected chi connectivity index (χ1v) is 9.58. The first-order chi connectivity index (χ1) is 13.2. The SMILES string of the molecule is CCC1CCCN1Cc1ccc(-c2ccc3c(=O)c(C#N)c[nH]c3c2)cc1. The molecule has 0 bridgehead atoms. The number of hydrogen-bond donors (Lipinski definition) is 1. The number of fused-ring (bicyclic) bond motifs is 1. The van der Waals surface area contributed by atoms with E-state index in [4.69, 9.17) is 5.26 Å². The lowest BCUT2D eigenvalue weighted by Gasteiger charge is -2.23. The Bertz CT molecular complexity index is 1060. The maximum atomic E-state index is 12.2. The van der Waals surface area contributed by atoms with Gasteiger partial charge >= 0.3 is 0 Å². The van der Waals surface area contributed by atoms with E-state index in [1.807, 2.05) is 18.2 Å². The number of nitriles is 1. The third-order valence-electron chi connectivity index (χ3n) is 5.64. The molecule has 1 N–H and O–H groups in total. The Morgan fingerprint density at radius 3 is 2.70 bits per heavy atom. The summed E-state index contributed by atoms with van der Waals surface area (Å²) in [4.78, 5) is 17.9. The Kier molecular flexibility index (Phi) is 4.79. The standard InChI is InChI=1S/C23H23N3O/c1-2-20-4-3-11-26(20)15-16-5-7-17(8-6-16)18-9-10-21-22(12-18)25-14-19(13-24)23(21)27/h5-10,12,14,20H,2-4,11,15H2,1H3,(H,25,27). The van der Waals surface area contributed by atoms with Crippen LogP contribution in [-0.4, -0.2) is 22.5 Å². The summed E-state index contributed by atoms with van der Waals surface area (Å²) in [6.45, 7) is 4.49. The van der Waals surface area contributed by atoms with Gasteiger partial charge in [0, 0.05) is 29.7 Å². The van der Waals surface area contributed by atoms with E-state index in [-0.39, 0.29) is 11.0 Å². The molecule has 1 fully saturated rings. The fraction of sp³-hybridized carbons (Fsp3) is 0.304. The van der Waals surface area contributed by atoms with E-state index < -0.39 is 0 Å². The highest BCUT2D eigenvalue weighted by atomic mass is 16.1. The maximum Gasteiger partial charge on any atom is 0.207 e. The molecule has 0 radical (unpaired) electrons. The number of aromatic nitrogens is 1. The summed E-state index contributed by atoms with van der Waals surface area (Å²) in [6.07, 6.45) is 5.33. The van der Waals surface area contributed by atoms with Gasteiger partial charge in [-0.25, -0.2) is 0 Å². The lowest BCUT2D eigenvalue weighted by molar-refractivity contribution is 0.240. The van der Waals surface area contributed by atoms with Crippen molar-refractivity contribution < 1.29 is 0 Å². The van der Waals surface area contributed by atoms with Crippen LogP contribution in [0.15, 0.2) is 53.5 Å². The summed E-state index contributed by atoms with van der Waals surface area (Å²) < 4.78 is 0. The van der Waals surface area contributed by atoms with E-state index in [9.17, 15) is 4.79 Å². The Labute approximate surface area is 159 Å². The maximum absolute atomic E-state index is 12.2. The van der Waals surface area contributed by atoms with Gasteiger partial charge in [0.1, 0.15) is 11.6 Å². The average molecular weight is 357 g/mol. The number of pyridine rings is 1. The molecule has 0 amide bonds. The smallest absolute Gasteiger partial charge is 0.207 e. The Hall–Kier alpha value is -2.90. The molecule has 136 valence electrons. The van der Waals surface area contributed by atoms with Crippen LogP contribution in [0, 0.1) is 11.3 Å². The molecule has 1 atom stereocenters. The second kappa shape index (κ2) is 7.38. The van der Waals surface area contributed by atoms with Crippen LogP contribution in [0.25, 0.3) is 22.0 Å². The van der Waals surface area contributed by atoms with Gasteiger partial charge in [-0.3, -0.25) is 9.69 Å². The molecule has 4 heteroatoms. The lowest BCUT2D eigenvalue weighted by Crippen LogP contribution is -2.28. The topological polar surface area (TPSA) is 59.9 Å². The van der Waals surface area contributed by atoms with Crippen LogP contribution in [0.4, 0.5) is 0 Å². The Balaban J connectivity index is 1.58. The van der Waals surface area contributed by atoms with Gasteiger partial charge in [0.25, 0.3) is 0 Å². The monoisotopic (exact) mass is 357 g/mol. The molecule has 0 spiro atoms. The van der Waals surface area contributed by atoms with Crippen LogP contribution in [0.1, 0.15) is 37.3 Å². The van der Waals surface area contributed by atoms with E-state index in [0.29, 0.717) is 5.39 Å². The molecule has 2 aromatic carbocycles. The lowest BCUT2D eigenvalue weighted by atomic mass is 10.0. The van der Waals surface area contributed by atoms with Crippen molar-refractivity contribution in [3.05, 3.63) is 70.0 Å². The number of benzene rings is 2. The fourth-order valence-corrected chi connectivity index (χ4v) is 4.09. The van der Waals surface area contributed by atoms with Crippen molar-refractivity contribution in [3.8, 4) is 17.2 Å². The molecule has 4 nitrogen and oxygen atoms in total. The van der Waals surface area contributed by atoms with Crippen molar-refractivity contribution in [2.75, 3.05) is 6.54 Å². The van der Waals surface area contributed by atoms with E-state index >= 15 is 0 Å². The van der Waals surface area contributed by atoms with Crippen molar-refractivity contribution in [2.24, 2.45) is 0 Å². The molecule has 27 heavy (non-hydrogen) atoms. The minimum absolute atomic E-state index is 0.145. The summed E-state index contributed by atoms with van der Waals surface area (Å²) in [6, 6.07) is 17.1. The summed E-state index contributed by atoms with van der Waals surface area (Å²) in [5, 5.41) is 9.55. The summed E-state index contributed by atoms with van der Waals surface area (Å²) in [7, 11) is 0. The van der Waals surface area contributed by atoms with Crippen LogP contribution in [-0.2, 0) is 6.54 Å². The minimum atomic E-state index is -0.218. The van der Waals surface area contributed by atoms with Gasteiger partial charge in [0.05, 0.1) is 0 Å². The van der Waals surface area contributed by atoms with Crippen molar-refractivity contribution >= 4 is 10.9 Å². The first-order valence-electron chi connectivity index (χ1n) is 9.58. The summed E-state index contributed by atoms with van der Waals surface area (Å²) in [5.41, 5.74) is 4.20. The molecule has 1 saturated heterocycles. The highest BCUT2D eigenvalue weighted by molar-refractivity contribution is 5.84. The average Bonchev–Trinajstić information content (AvgIpc) is 3.16.